The number of hydrogen-bond donors (Lipinski definition) is 1. The van der Waals surface area contributed by atoms with E-state index in [1.807, 2.05) is 24.5 Å². The van der Waals surface area contributed by atoms with Gasteiger partial charge in [0.15, 0.2) is 0 Å². The van der Waals surface area contributed by atoms with Gasteiger partial charge in [0.1, 0.15) is 0 Å². The Balaban J connectivity index is 1.80. The van der Waals surface area contributed by atoms with Crippen molar-refractivity contribution >= 4 is 10.9 Å². The van der Waals surface area contributed by atoms with E-state index in [-0.39, 0.29) is 6.04 Å². The average molecular weight is 305 g/mol. The molecule has 3 nitrogen and oxygen atoms in total. The maximum absolute atomic E-state index is 4.54. The molecule has 0 spiro atoms. The van der Waals surface area contributed by atoms with Crippen molar-refractivity contribution in [1.82, 2.24) is 15.3 Å². The zero-order valence-corrected chi connectivity index (χ0v) is 13.7. The SMILES string of the molecule is CC(C)C[C@H](NCc1cccc2cccnc12)c1ccccn1. The Morgan fingerprint density at radius 3 is 2.52 bits per heavy atom. The number of aromatic nitrogens is 2. The predicted molar refractivity (Wildman–Crippen MR) is 95.0 cm³/mol. The Kier molecular flexibility index (Phi) is 4.99. The third kappa shape index (κ3) is 3.93. The van der Waals surface area contributed by atoms with Gasteiger partial charge in [0.05, 0.1) is 11.2 Å². The lowest BCUT2D eigenvalue weighted by molar-refractivity contribution is 0.421. The number of benzene rings is 1. The minimum Gasteiger partial charge on any atom is -0.304 e. The van der Waals surface area contributed by atoms with E-state index in [2.05, 4.69) is 65.5 Å². The lowest BCUT2D eigenvalue weighted by Crippen LogP contribution is -2.23. The second-order valence-electron chi connectivity index (χ2n) is 6.31. The standard InChI is InChI=1S/C20H23N3/c1-15(2)13-19(18-10-3-4-11-21-18)23-14-17-8-5-7-16-9-6-12-22-20(16)17/h3-12,15,19,23H,13-14H2,1-2H3/t19-/m0/s1. The van der Waals surface area contributed by atoms with Crippen LogP contribution in [0.5, 0.6) is 0 Å². The molecule has 0 aliphatic rings. The Labute approximate surface area is 137 Å². The molecule has 3 rings (SSSR count). The highest BCUT2D eigenvalue weighted by Crippen LogP contribution is 2.21. The quantitative estimate of drug-likeness (QED) is 0.728. The fraction of sp³-hybridized carbons (Fsp3) is 0.300. The summed E-state index contributed by atoms with van der Waals surface area (Å²) >= 11 is 0. The molecular weight excluding hydrogens is 282 g/mol. The molecule has 0 radical (unpaired) electrons. The van der Waals surface area contributed by atoms with Crippen molar-refractivity contribution in [3.63, 3.8) is 0 Å². The van der Waals surface area contributed by atoms with Gasteiger partial charge in [-0.15, -0.1) is 0 Å². The van der Waals surface area contributed by atoms with Gasteiger partial charge in [-0.05, 0) is 36.1 Å². The van der Waals surface area contributed by atoms with Crippen LogP contribution in [0, 0.1) is 5.92 Å². The molecule has 0 aliphatic heterocycles. The largest absolute Gasteiger partial charge is 0.304 e. The van der Waals surface area contributed by atoms with Crippen molar-refractivity contribution in [2.45, 2.75) is 32.9 Å². The van der Waals surface area contributed by atoms with Crippen LogP contribution in [0.25, 0.3) is 10.9 Å². The van der Waals surface area contributed by atoms with Gasteiger partial charge >= 0.3 is 0 Å². The van der Waals surface area contributed by atoms with Crippen LogP contribution in [0.2, 0.25) is 0 Å². The Bertz CT molecular complexity index is 748. The van der Waals surface area contributed by atoms with Crippen molar-refractivity contribution < 1.29 is 0 Å². The molecule has 2 heterocycles. The van der Waals surface area contributed by atoms with E-state index in [0.717, 1.165) is 24.2 Å². The van der Waals surface area contributed by atoms with Crippen molar-refractivity contribution in [1.29, 1.82) is 0 Å². The number of rotatable bonds is 6. The summed E-state index contributed by atoms with van der Waals surface area (Å²) in [7, 11) is 0. The van der Waals surface area contributed by atoms with Gasteiger partial charge in [0, 0.05) is 30.4 Å². The first-order valence-electron chi connectivity index (χ1n) is 8.21. The highest BCUT2D eigenvalue weighted by molar-refractivity contribution is 5.81. The van der Waals surface area contributed by atoms with E-state index >= 15 is 0 Å². The van der Waals surface area contributed by atoms with Gasteiger partial charge < -0.3 is 5.32 Å². The highest BCUT2D eigenvalue weighted by Gasteiger charge is 2.14. The molecule has 1 aromatic carbocycles. The Hall–Kier alpha value is -2.26. The molecule has 1 atom stereocenters. The normalized spacial score (nSPS) is 12.7. The molecule has 0 amide bonds. The summed E-state index contributed by atoms with van der Waals surface area (Å²) in [5.41, 5.74) is 3.41. The molecule has 3 aromatic rings. The van der Waals surface area contributed by atoms with Crippen LogP contribution < -0.4 is 5.32 Å². The number of nitrogens with one attached hydrogen (secondary N) is 1. The molecule has 1 N–H and O–H groups in total. The van der Waals surface area contributed by atoms with Crippen LogP contribution in [0.15, 0.2) is 60.9 Å². The number of para-hydroxylation sites is 1. The summed E-state index contributed by atoms with van der Waals surface area (Å²) in [5, 5.41) is 4.86. The van der Waals surface area contributed by atoms with Crippen LogP contribution >= 0.6 is 0 Å². The van der Waals surface area contributed by atoms with E-state index in [4.69, 9.17) is 0 Å². The summed E-state index contributed by atoms with van der Waals surface area (Å²) in [6.07, 6.45) is 4.79. The van der Waals surface area contributed by atoms with E-state index in [0.29, 0.717) is 5.92 Å². The van der Waals surface area contributed by atoms with Crippen LogP contribution in [-0.4, -0.2) is 9.97 Å². The number of hydrogen-bond acceptors (Lipinski definition) is 3. The van der Waals surface area contributed by atoms with Crippen molar-refractivity contribution in [3.05, 3.63) is 72.2 Å². The van der Waals surface area contributed by atoms with E-state index in [9.17, 15) is 0 Å². The van der Waals surface area contributed by atoms with Crippen LogP contribution in [0.4, 0.5) is 0 Å². The van der Waals surface area contributed by atoms with E-state index < -0.39 is 0 Å². The van der Waals surface area contributed by atoms with Gasteiger partial charge in [-0.3, -0.25) is 9.97 Å². The van der Waals surface area contributed by atoms with Gasteiger partial charge in [-0.2, -0.15) is 0 Å². The summed E-state index contributed by atoms with van der Waals surface area (Å²) in [5.74, 6) is 0.611. The second kappa shape index (κ2) is 7.34. The van der Waals surface area contributed by atoms with Gasteiger partial charge in [-0.1, -0.05) is 44.2 Å². The predicted octanol–water partition coefficient (Wildman–Crippen LogP) is 4.51. The summed E-state index contributed by atoms with van der Waals surface area (Å²) in [6, 6.07) is 16.8. The van der Waals surface area contributed by atoms with E-state index in [1.165, 1.54) is 10.9 Å². The molecule has 3 heteroatoms. The van der Waals surface area contributed by atoms with Gasteiger partial charge in [-0.25, -0.2) is 0 Å². The van der Waals surface area contributed by atoms with Gasteiger partial charge in [0.25, 0.3) is 0 Å². The molecule has 118 valence electrons. The molecular formula is C20H23N3. The average Bonchev–Trinajstić information content (AvgIpc) is 2.59. The van der Waals surface area contributed by atoms with Crippen molar-refractivity contribution in [2.75, 3.05) is 0 Å². The fourth-order valence-corrected chi connectivity index (χ4v) is 2.91. The minimum absolute atomic E-state index is 0.259. The lowest BCUT2D eigenvalue weighted by Gasteiger charge is -2.20. The summed E-state index contributed by atoms with van der Waals surface area (Å²) in [4.78, 5) is 9.07. The first-order chi connectivity index (χ1) is 11.2. The highest BCUT2D eigenvalue weighted by atomic mass is 14.9. The molecule has 2 aromatic heterocycles. The first-order valence-corrected chi connectivity index (χ1v) is 8.21. The van der Waals surface area contributed by atoms with Gasteiger partial charge in [0.2, 0.25) is 0 Å². The molecule has 0 saturated carbocycles. The zero-order valence-electron chi connectivity index (χ0n) is 13.7. The smallest absolute Gasteiger partial charge is 0.0746 e. The number of fused-ring (bicyclic) bond motifs is 1. The maximum Gasteiger partial charge on any atom is 0.0746 e. The third-order valence-corrected chi connectivity index (χ3v) is 4.01. The summed E-state index contributed by atoms with van der Waals surface area (Å²) < 4.78 is 0. The molecule has 23 heavy (non-hydrogen) atoms. The van der Waals surface area contributed by atoms with Crippen LogP contribution in [0.3, 0.4) is 0 Å². The van der Waals surface area contributed by atoms with Crippen molar-refractivity contribution in [2.24, 2.45) is 5.92 Å². The second-order valence-corrected chi connectivity index (χ2v) is 6.31. The van der Waals surface area contributed by atoms with E-state index in [1.54, 1.807) is 0 Å². The van der Waals surface area contributed by atoms with Crippen molar-refractivity contribution in [3.8, 4) is 0 Å². The monoisotopic (exact) mass is 305 g/mol. The maximum atomic E-state index is 4.54. The Morgan fingerprint density at radius 2 is 1.74 bits per heavy atom. The third-order valence-electron chi connectivity index (χ3n) is 4.01. The molecule has 0 unspecified atom stereocenters. The Morgan fingerprint density at radius 1 is 0.913 bits per heavy atom. The van der Waals surface area contributed by atoms with Crippen LogP contribution in [-0.2, 0) is 6.54 Å². The lowest BCUT2D eigenvalue weighted by atomic mass is 10.00. The molecule has 0 fully saturated rings. The molecule has 0 bridgehead atoms. The molecule has 0 saturated heterocycles. The summed E-state index contributed by atoms with van der Waals surface area (Å²) in [6.45, 7) is 5.29. The first kappa shape index (κ1) is 15.6. The minimum atomic E-state index is 0.259. The number of nitrogens with zero attached hydrogens (tertiary/aromatic N) is 2. The van der Waals surface area contributed by atoms with Crippen LogP contribution in [0.1, 0.15) is 37.6 Å². The fourth-order valence-electron chi connectivity index (χ4n) is 2.91. The number of pyridine rings is 2. The topological polar surface area (TPSA) is 37.8 Å². The molecule has 0 aliphatic carbocycles. The zero-order chi connectivity index (χ0) is 16.1.